The van der Waals surface area contributed by atoms with Gasteiger partial charge in [0.25, 0.3) is 0 Å². The molecule has 3 heterocycles. The second kappa shape index (κ2) is 6.90. The van der Waals surface area contributed by atoms with Crippen LogP contribution in [0.5, 0.6) is 0 Å². The molecular weight excluding hydrogens is 376 g/mol. The molecule has 0 atom stereocenters. The first-order valence-electron chi connectivity index (χ1n) is 8.46. The molecule has 0 saturated heterocycles. The van der Waals surface area contributed by atoms with Gasteiger partial charge < -0.3 is 10.0 Å². The minimum absolute atomic E-state index is 0.142. The zero-order valence-electron chi connectivity index (χ0n) is 15.2. The molecule has 8 heteroatoms. The van der Waals surface area contributed by atoms with E-state index in [4.69, 9.17) is 0 Å². The summed E-state index contributed by atoms with van der Waals surface area (Å²) in [5.74, 6) is -1.27. The Hall–Kier alpha value is -3.52. The highest BCUT2D eigenvalue weighted by Gasteiger charge is 2.21. The van der Waals surface area contributed by atoms with E-state index < -0.39 is 5.97 Å². The van der Waals surface area contributed by atoms with Gasteiger partial charge in [-0.1, -0.05) is 24.3 Å². The van der Waals surface area contributed by atoms with Gasteiger partial charge in [-0.25, -0.2) is 14.3 Å². The summed E-state index contributed by atoms with van der Waals surface area (Å²) in [5.41, 5.74) is 3.78. The molecule has 0 fully saturated rings. The van der Waals surface area contributed by atoms with Gasteiger partial charge in [-0.05, 0) is 17.7 Å². The molecule has 0 aliphatic heterocycles. The number of carboxylic acid groups (broad SMARTS) is 1. The number of fused-ring (bicyclic) bond motifs is 1. The number of thiophene rings is 1. The zero-order chi connectivity index (χ0) is 19.8. The Balaban J connectivity index is 1.70. The number of hydrogen-bond donors (Lipinski definition) is 1. The van der Waals surface area contributed by atoms with Gasteiger partial charge in [0.2, 0.25) is 5.91 Å². The van der Waals surface area contributed by atoms with Gasteiger partial charge >= 0.3 is 5.97 Å². The molecule has 0 unspecified atom stereocenters. The number of hydrogen-bond acceptors (Lipinski definition) is 5. The molecule has 0 saturated carbocycles. The molecular formula is C20H16N4O3S. The summed E-state index contributed by atoms with van der Waals surface area (Å²) in [6.07, 6.45) is 3.56. The maximum absolute atomic E-state index is 11.7. The van der Waals surface area contributed by atoms with Crippen LogP contribution in [0, 0.1) is 0 Å². The normalized spacial score (nSPS) is 10.9. The highest BCUT2D eigenvalue weighted by molar-refractivity contribution is 7.18. The highest BCUT2D eigenvalue weighted by atomic mass is 32.1. The topological polar surface area (TPSA) is 87.8 Å². The van der Waals surface area contributed by atoms with E-state index in [1.165, 1.54) is 11.8 Å². The second-order valence-corrected chi connectivity index (χ2v) is 7.29. The van der Waals surface area contributed by atoms with E-state index in [1.54, 1.807) is 23.8 Å². The van der Waals surface area contributed by atoms with Crippen molar-refractivity contribution in [3.8, 4) is 21.7 Å². The summed E-state index contributed by atoms with van der Waals surface area (Å²) in [6.45, 7) is 1.40. The summed E-state index contributed by atoms with van der Waals surface area (Å²) in [5, 5.41) is 14.0. The lowest BCUT2D eigenvalue weighted by atomic mass is 10.1. The van der Waals surface area contributed by atoms with Crippen LogP contribution >= 0.6 is 11.3 Å². The highest BCUT2D eigenvalue weighted by Crippen LogP contribution is 2.37. The third kappa shape index (κ3) is 3.14. The molecule has 140 valence electrons. The second-order valence-electron chi connectivity index (χ2n) is 6.24. The van der Waals surface area contributed by atoms with Gasteiger partial charge in [0, 0.05) is 42.9 Å². The van der Waals surface area contributed by atoms with Crippen LogP contribution in [0.1, 0.15) is 16.6 Å². The van der Waals surface area contributed by atoms with Gasteiger partial charge in [0.1, 0.15) is 4.88 Å². The first-order chi connectivity index (χ1) is 13.4. The molecule has 3 aromatic heterocycles. The molecule has 1 N–H and O–H groups in total. The molecule has 1 aromatic carbocycles. The van der Waals surface area contributed by atoms with E-state index in [-0.39, 0.29) is 10.8 Å². The fraction of sp³-hybridized carbons (Fsp3) is 0.100. The van der Waals surface area contributed by atoms with Crippen molar-refractivity contribution < 1.29 is 14.7 Å². The van der Waals surface area contributed by atoms with Gasteiger partial charge in [0.05, 0.1) is 11.4 Å². The predicted octanol–water partition coefficient (Wildman–Crippen LogP) is 3.81. The average Bonchev–Trinajstić information content (AvgIpc) is 3.32. The molecule has 0 aliphatic rings. The molecule has 7 nitrogen and oxygen atoms in total. The number of aromatic carboxylic acids is 1. The molecule has 0 bridgehead atoms. The van der Waals surface area contributed by atoms with Crippen molar-refractivity contribution in [2.75, 3.05) is 11.9 Å². The fourth-order valence-corrected chi connectivity index (χ4v) is 3.90. The number of carbonyl (C=O) groups is 2. The van der Waals surface area contributed by atoms with Crippen LogP contribution in [-0.2, 0) is 4.79 Å². The van der Waals surface area contributed by atoms with E-state index in [1.807, 2.05) is 42.6 Å². The fourth-order valence-electron chi connectivity index (χ4n) is 2.87. The molecule has 1 amide bonds. The lowest BCUT2D eigenvalue weighted by molar-refractivity contribution is -0.116. The smallest absolute Gasteiger partial charge is 0.348 e. The number of rotatable bonds is 4. The summed E-state index contributed by atoms with van der Waals surface area (Å²) in [4.78, 5) is 29.8. The maximum Gasteiger partial charge on any atom is 0.348 e. The van der Waals surface area contributed by atoms with Crippen LogP contribution in [-0.4, -0.2) is 38.6 Å². The third-order valence-corrected chi connectivity index (χ3v) is 5.60. The van der Waals surface area contributed by atoms with Gasteiger partial charge in [-0.2, -0.15) is 5.10 Å². The lowest BCUT2D eigenvalue weighted by Gasteiger charge is -2.13. The maximum atomic E-state index is 11.7. The first-order valence-corrected chi connectivity index (χ1v) is 9.28. The van der Waals surface area contributed by atoms with Crippen molar-refractivity contribution in [2.24, 2.45) is 0 Å². The summed E-state index contributed by atoms with van der Waals surface area (Å²) in [7, 11) is 1.57. The molecule has 28 heavy (non-hydrogen) atoms. The Bertz CT molecular complexity index is 1160. The number of carboxylic acids is 1. The molecule has 4 rings (SSSR count). The SMILES string of the molecule is CC(=O)N(C)c1cc(-c2ccc(-c3cc4ncccn4n3)cc2)sc1C(=O)O. The monoisotopic (exact) mass is 392 g/mol. The van der Waals surface area contributed by atoms with Gasteiger partial charge in [-0.15, -0.1) is 11.3 Å². The van der Waals surface area contributed by atoms with Crippen molar-refractivity contribution in [3.63, 3.8) is 0 Å². The number of aromatic nitrogens is 3. The Morgan fingerprint density at radius 1 is 1.14 bits per heavy atom. The van der Waals surface area contributed by atoms with Crippen molar-refractivity contribution in [1.82, 2.24) is 14.6 Å². The van der Waals surface area contributed by atoms with E-state index in [9.17, 15) is 14.7 Å². The van der Waals surface area contributed by atoms with Crippen LogP contribution in [0.4, 0.5) is 5.69 Å². The Morgan fingerprint density at radius 2 is 1.86 bits per heavy atom. The minimum Gasteiger partial charge on any atom is -0.477 e. The van der Waals surface area contributed by atoms with E-state index >= 15 is 0 Å². The van der Waals surface area contributed by atoms with E-state index in [0.29, 0.717) is 5.69 Å². The van der Waals surface area contributed by atoms with Crippen LogP contribution in [0.15, 0.2) is 54.9 Å². The first kappa shape index (κ1) is 17.9. The largest absolute Gasteiger partial charge is 0.477 e. The predicted molar refractivity (Wildman–Crippen MR) is 108 cm³/mol. The van der Waals surface area contributed by atoms with Crippen LogP contribution < -0.4 is 4.90 Å². The molecule has 0 radical (unpaired) electrons. The average molecular weight is 392 g/mol. The Morgan fingerprint density at radius 3 is 2.50 bits per heavy atom. The summed E-state index contributed by atoms with van der Waals surface area (Å²) >= 11 is 1.15. The molecule has 0 spiro atoms. The quantitative estimate of drug-likeness (QED) is 0.571. The summed E-state index contributed by atoms with van der Waals surface area (Å²) in [6, 6.07) is 13.2. The van der Waals surface area contributed by atoms with Crippen molar-refractivity contribution in [3.05, 3.63) is 59.7 Å². The van der Waals surface area contributed by atoms with E-state index in [2.05, 4.69) is 10.1 Å². The Labute approximate surface area is 164 Å². The Kier molecular flexibility index (Phi) is 4.40. The van der Waals surface area contributed by atoms with E-state index in [0.717, 1.165) is 38.7 Å². The van der Waals surface area contributed by atoms with Crippen molar-refractivity contribution in [1.29, 1.82) is 0 Å². The van der Waals surface area contributed by atoms with Crippen LogP contribution in [0.25, 0.3) is 27.3 Å². The number of amides is 1. The van der Waals surface area contributed by atoms with Gasteiger partial charge in [-0.3, -0.25) is 4.79 Å². The zero-order valence-corrected chi connectivity index (χ0v) is 16.0. The number of benzene rings is 1. The van der Waals surface area contributed by atoms with Crippen molar-refractivity contribution in [2.45, 2.75) is 6.92 Å². The number of anilines is 1. The minimum atomic E-state index is -1.05. The lowest BCUT2D eigenvalue weighted by Crippen LogP contribution is -2.23. The van der Waals surface area contributed by atoms with Gasteiger partial charge in [0.15, 0.2) is 5.65 Å². The summed E-state index contributed by atoms with van der Waals surface area (Å²) < 4.78 is 1.71. The number of nitrogens with zero attached hydrogens (tertiary/aromatic N) is 4. The standard InChI is InChI=1S/C20H16N4O3S/c1-12(25)23(2)16-11-17(28-19(16)20(26)27)14-6-4-13(5-7-14)15-10-18-21-8-3-9-24(18)22-15/h3-11H,1-2H3,(H,26,27). The van der Waals surface area contributed by atoms with Crippen LogP contribution in [0.3, 0.4) is 0 Å². The number of carbonyl (C=O) groups excluding carboxylic acids is 1. The third-order valence-electron chi connectivity index (χ3n) is 4.44. The molecule has 4 aromatic rings. The van der Waals surface area contributed by atoms with Crippen LogP contribution in [0.2, 0.25) is 0 Å². The van der Waals surface area contributed by atoms with Crippen molar-refractivity contribution >= 4 is 34.5 Å². The molecule has 0 aliphatic carbocycles.